The number of ether oxygens (including phenoxy) is 1. The number of amidine groups is 1. The second-order valence-corrected chi connectivity index (χ2v) is 4.79. The lowest BCUT2D eigenvalue weighted by Crippen LogP contribution is -2.35. The predicted octanol–water partition coefficient (Wildman–Crippen LogP) is 1.74. The van der Waals surface area contributed by atoms with E-state index in [4.69, 9.17) is 4.74 Å². The molecule has 3 heteroatoms. The Bertz CT molecular complexity index is 194. The Balaban J connectivity index is 2.39. The van der Waals surface area contributed by atoms with Crippen molar-refractivity contribution >= 4 is 6.02 Å². The van der Waals surface area contributed by atoms with E-state index in [1.807, 2.05) is 7.05 Å². The number of hydrogen-bond donors (Lipinski definition) is 0. The molecule has 76 valence electrons. The third-order valence-corrected chi connectivity index (χ3v) is 1.86. The molecular weight excluding hydrogens is 164 g/mol. The highest BCUT2D eigenvalue weighted by Crippen LogP contribution is 2.14. The summed E-state index contributed by atoms with van der Waals surface area (Å²) in [5.41, 5.74) is 0.209. The van der Waals surface area contributed by atoms with Crippen LogP contribution in [0.2, 0.25) is 0 Å². The van der Waals surface area contributed by atoms with Gasteiger partial charge in [-0.2, -0.15) is 0 Å². The van der Waals surface area contributed by atoms with Crippen molar-refractivity contribution < 1.29 is 4.74 Å². The van der Waals surface area contributed by atoms with Gasteiger partial charge < -0.3 is 9.64 Å². The first-order chi connectivity index (χ1) is 5.99. The van der Waals surface area contributed by atoms with Gasteiger partial charge in [0.15, 0.2) is 0 Å². The topological polar surface area (TPSA) is 24.8 Å². The first-order valence-corrected chi connectivity index (χ1v) is 4.87. The van der Waals surface area contributed by atoms with E-state index < -0.39 is 0 Å². The first-order valence-electron chi connectivity index (χ1n) is 4.87. The molecule has 13 heavy (non-hydrogen) atoms. The van der Waals surface area contributed by atoms with Crippen LogP contribution >= 0.6 is 0 Å². The molecule has 0 radical (unpaired) electrons. The van der Waals surface area contributed by atoms with Crippen LogP contribution in [-0.2, 0) is 4.74 Å². The summed E-state index contributed by atoms with van der Waals surface area (Å²) in [6, 6.07) is 0.807. The van der Waals surface area contributed by atoms with E-state index in [0.717, 1.165) is 32.1 Å². The van der Waals surface area contributed by atoms with Gasteiger partial charge in [-0.25, -0.2) is 4.99 Å². The largest absolute Gasteiger partial charge is 0.465 e. The molecule has 0 N–H and O–H groups in total. The van der Waals surface area contributed by atoms with Gasteiger partial charge in [-0.05, 0) is 11.8 Å². The number of nitrogens with zero attached hydrogens (tertiary/aromatic N) is 2. The molecule has 0 aliphatic carbocycles. The summed E-state index contributed by atoms with van der Waals surface area (Å²) in [4.78, 5) is 6.41. The monoisotopic (exact) mass is 184 g/mol. The fourth-order valence-electron chi connectivity index (χ4n) is 1.14. The molecule has 0 aromatic carbocycles. The highest BCUT2D eigenvalue weighted by molar-refractivity contribution is 5.74. The van der Waals surface area contributed by atoms with Gasteiger partial charge in [-0.1, -0.05) is 20.8 Å². The van der Waals surface area contributed by atoms with Gasteiger partial charge in [0.25, 0.3) is 6.02 Å². The predicted molar refractivity (Wildman–Crippen MR) is 55.0 cm³/mol. The van der Waals surface area contributed by atoms with Crippen LogP contribution < -0.4 is 0 Å². The van der Waals surface area contributed by atoms with Gasteiger partial charge in [0.1, 0.15) is 0 Å². The average molecular weight is 184 g/mol. The normalized spacial score (nSPS) is 18.5. The third kappa shape index (κ3) is 3.66. The molecule has 0 unspecified atom stereocenters. The quantitative estimate of drug-likeness (QED) is 0.620. The van der Waals surface area contributed by atoms with Crippen molar-refractivity contribution in [2.75, 3.05) is 26.7 Å². The van der Waals surface area contributed by atoms with Crippen molar-refractivity contribution in [1.29, 1.82) is 0 Å². The van der Waals surface area contributed by atoms with Crippen LogP contribution in [-0.4, -0.2) is 37.7 Å². The lowest BCUT2D eigenvalue weighted by atomic mass is 9.99. The van der Waals surface area contributed by atoms with Crippen molar-refractivity contribution in [2.45, 2.75) is 27.2 Å². The minimum Gasteiger partial charge on any atom is -0.465 e. The number of aliphatic imine (C=N–C) groups is 1. The Hall–Kier alpha value is -0.730. The molecule has 1 aliphatic heterocycles. The number of rotatable bonds is 1. The zero-order chi connectivity index (χ0) is 9.90. The molecular formula is C10H20N2O. The number of hydrogen-bond acceptors (Lipinski definition) is 3. The van der Waals surface area contributed by atoms with Crippen molar-refractivity contribution in [1.82, 2.24) is 4.90 Å². The van der Waals surface area contributed by atoms with Crippen LogP contribution in [0, 0.1) is 5.41 Å². The summed E-state index contributed by atoms with van der Waals surface area (Å²) < 4.78 is 5.64. The maximum absolute atomic E-state index is 5.64. The molecule has 0 amide bonds. The van der Waals surface area contributed by atoms with Gasteiger partial charge in [-0.15, -0.1) is 0 Å². The van der Waals surface area contributed by atoms with Gasteiger partial charge in [0, 0.05) is 20.1 Å². The molecule has 0 bridgehead atoms. The van der Waals surface area contributed by atoms with Crippen LogP contribution in [0.25, 0.3) is 0 Å². The average Bonchev–Trinajstić information content (AvgIpc) is 2.01. The van der Waals surface area contributed by atoms with E-state index in [2.05, 4.69) is 30.7 Å². The maximum Gasteiger partial charge on any atom is 0.287 e. The summed E-state index contributed by atoms with van der Waals surface area (Å²) in [6.45, 7) is 9.19. The van der Waals surface area contributed by atoms with E-state index in [1.165, 1.54) is 0 Å². The summed E-state index contributed by atoms with van der Waals surface area (Å²) in [6.07, 6.45) is 1.14. The Kier molecular flexibility index (Phi) is 3.17. The molecule has 1 heterocycles. The highest BCUT2D eigenvalue weighted by Gasteiger charge is 2.16. The van der Waals surface area contributed by atoms with Crippen molar-refractivity contribution in [2.24, 2.45) is 10.4 Å². The molecule has 1 aliphatic rings. The van der Waals surface area contributed by atoms with Gasteiger partial charge >= 0.3 is 0 Å². The van der Waals surface area contributed by atoms with Gasteiger partial charge in [0.05, 0.1) is 6.61 Å². The van der Waals surface area contributed by atoms with Crippen LogP contribution in [0.4, 0.5) is 0 Å². The molecule has 0 fully saturated rings. The van der Waals surface area contributed by atoms with E-state index in [-0.39, 0.29) is 5.41 Å². The Morgan fingerprint density at radius 3 is 2.69 bits per heavy atom. The second-order valence-electron chi connectivity index (χ2n) is 4.79. The van der Waals surface area contributed by atoms with Crippen LogP contribution in [0.15, 0.2) is 4.99 Å². The zero-order valence-corrected chi connectivity index (χ0v) is 9.13. The molecule has 3 nitrogen and oxygen atoms in total. The molecule has 0 saturated heterocycles. The van der Waals surface area contributed by atoms with Crippen molar-refractivity contribution in [3.63, 3.8) is 0 Å². The minimum atomic E-state index is 0.209. The summed E-state index contributed by atoms with van der Waals surface area (Å²) in [5, 5.41) is 0. The molecule has 1 rings (SSSR count). The SMILES string of the molecule is CN1CCCN=C1OCC(C)(C)C. The molecule has 0 aromatic heterocycles. The van der Waals surface area contributed by atoms with Crippen LogP contribution in [0.3, 0.4) is 0 Å². The molecule has 0 spiro atoms. The van der Waals surface area contributed by atoms with E-state index in [0.29, 0.717) is 0 Å². The second kappa shape index (κ2) is 3.99. The van der Waals surface area contributed by atoms with E-state index in [9.17, 15) is 0 Å². The lowest BCUT2D eigenvalue weighted by molar-refractivity contribution is 0.155. The fourth-order valence-corrected chi connectivity index (χ4v) is 1.14. The standard InChI is InChI=1S/C10H20N2O/c1-10(2,3)8-13-9-11-6-5-7-12(9)4/h5-8H2,1-4H3. The Morgan fingerprint density at radius 1 is 1.46 bits per heavy atom. The van der Waals surface area contributed by atoms with Crippen LogP contribution in [0.1, 0.15) is 27.2 Å². The summed E-state index contributed by atoms with van der Waals surface area (Å²) >= 11 is 0. The molecule has 0 aromatic rings. The molecule has 0 atom stereocenters. The van der Waals surface area contributed by atoms with Gasteiger partial charge in [-0.3, -0.25) is 0 Å². The van der Waals surface area contributed by atoms with Crippen molar-refractivity contribution in [3.8, 4) is 0 Å². The highest BCUT2D eigenvalue weighted by atomic mass is 16.5. The Morgan fingerprint density at radius 2 is 2.15 bits per heavy atom. The van der Waals surface area contributed by atoms with E-state index >= 15 is 0 Å². The summed E-state index contributed by atoms with van der Waals surface area (Å²) in [7, 11) is 2.03. The van der Waals surface area contributed by atoms with E-state index in [1.54, 1.807) is 0 Å². The maximum atomic E-state index is 5.64. The van der Waals surface area contributed by atoms with Crippen LogP contribution in [0.5, 0.6) is 0 Å². The zero-order valence-electron chi connectivity index (χ0n) is 9.13. The summed E-state index contributed by atoms with van der Waals surface area (Å²) in [5.74, 6) is 0. The van der Waals surface area contributed by atoms with Crippen molar-refractivity contribution in [3.05, 3.63) is 0 Å². The van der Waals surface area contributed by atoms with Gasteiger partial charge in [0.2, 0.25) is 0 Å². The minimum absolute atomic E-state index is 0.209. The lowest BCUT2D eigenvalue weighted by Gasteiger charge is -2.27. The fraction of sp³-hybridized carbons (Fsp3) is 0.900. The molecule has 0 saturated carbocycles. The third-order valence-electron chi connectivity index (χ3n) is 1.86. The smallest absolute Gasteiger partial charge is 0.287 e. The first kappa shape index (κ1) is 10.4. The Labute approximate surface area is 80.8 Å².